The van der Waals surface area contributed by atoms with Gasteiger partial charge in [0.25, 0.3) is 0 Å². The molecule has 1 aliphatic carbocycles. The Balaban J connectivity index is 2.28. The summed E-state index contributed by atoms with van der Waals surface area (Å²) >= 11 is 1.84. The molecule has 0 saturated heterocycles. The van der Waals surface area contributed by atoms with Crippen LogP contribution in [0.5, 0.6) is 0 Å². The molecule has 13 heavy (non-hydrogen) atoms. The predicted molar refractivity (Wildman–Crippen MR) is 56.1 cm³/mol. The van der Waals surface area contributed by atoms with Gasteiger partial charge in [-0.2, -0.15) is 11.8 Å². The molecule has 0 aliphatic heterocycles. The van der Waals surface area contributed by atoms with E-state index in [-0.39, 0.29) is 0 Å². The highest BCUT2D eigenvalue weighted by Gasteiger charge is 2.28. The molecular formula is C10H18O2S. The number of hydrogen-bond donors (Lipinski definition) is 1. The fraction of sp³-hybridized carbons (Fsp3) is 0.900. The fourth-order valence-electron chi connectivity index (χ4n) is 1.44. The second-order valence-electron chi connectivity index (χ2n) is 4.41. The Morgan fingerprint density at radius 2 is 2.00 bits per heavy atom. The summed E-state index contributed by atoms with van der Waals surface area (Å²) in [6.07, 6.45) is 5.21. The van der Waals surface area contributed by atoms with Crippen molar-refractivity contribution in [2.45, 2.75) is 44.8 Å². The second kappa shape index (κ2) is 4.36. The van der Waals surface area contributed by atoms with Crippen molar-refractivity contribution in [2.75, 3.05) is 5.75 Å². The van der Waals surface area contributed by atoms with Gasteiger partial charge in [0.15, 0.2) is 0 Å². The molecule has 0 bridgehead atoms. The van der Waals surface area contributed by atoms with E-state index in [1.807, 2.05) is 11.8 Å². The van der Waals surface area contributed by atoms with Gasteiger partial charge in [-0.3, -0.25) is 4.79 Å². The van der Waals surface area contributed by atoms with E-state index in [0.717, 1.165) is 11.0 Å². The number of rotatable bonds is 4. The Kier molecular flexibility index (Phi) is 3.65. The van der Waals surface area contributed by atoms with Gasteiger partial charge in [0, 0.05) is 11.0 Å². The van der Waals surface area contributed by atoms with E-state index >= 15 is 0 Å². The van der Waals surface area contributed by atoms with Gasteiger partial charge in [-0.1, -0.05) is 12.8 Å². The SMILES string of the molecule is CC(C)(CSC1CCCC1)C(=O)O. The number of thioether (sulfide) groups is 1. The zero-order chi connectivity index (χ0) is 9.90. The normalized spacial score (nSPS) is 19.2. The van der Waals surface area contributed by atoms with E-state index < -0.39 is 11.4 Å². The molecule has 0 radical (unpaired) electrons. The van der Waals surface area contributed by atoms with E-state index in [0.29, 0.717) is 0 Å². The predicted octanol–water partition coefficient (Wildman–Crippen LogP) is 2.77. The number of carboxylic acids is 1. The van der Waals surface area contributed by atoms with Crippen molar-refractivity contribution in [3.05, 3.63) is 0 Å². The Hall–Kier alpha value is -0.180. The van der Waals surface area contributed by atoms with Gasteiger partial charge in [0.05, 0.1) is 5.41 Å². The average molecular weight is 202 g/mol. The van der Waals surface area contributed by atoms with Crippen molar-refractivity contribution >= 4 is 17.7 Å². The van der Waals surface area contributed by atoms with Gasteiger partial charge in [0.2, 0.25) is 0 Å². The summed E-state index contributed by atoms with van der Waals surface area (Å²) in [5, 5.41) is 9.62. The molecular weight excluding hydrogens is 184 g/mol. The van der Waals surface area contributed by atoms with Crippen LogP contribution in [0.15, 0.2) is 0 Å². The molecule has 0 unspecified atom stereocenters. The maximum Gasteiger partial charge on any atom is 0.309 e. The van der Waals surface area contributed by atoms with Crippen LogP contribution in [-0.4, -0.2) is 22.1 Å². The molecule has 0 aromatic rings. The largest absolute Gasteiger partial charge is 0.481 e. The molecule has 0 aromatic carbocycles. The molecule has 0 heterocycles. The second-order valence-corrected chi connectivity index (χ2v) is 5.70. The van der Waals surface area contributed by atoms with Crippen molar-refractivity contribution in [1.82, 2.24) is 0 Å². The lowest BCUT2D eigenvalue weighted by atomic mass is 9.97. The molecule has 0 spiro atoms. The lowest BCUT2D eigenvalue weighted by Gasteiger charge is -2.20. The average Bonchev–Trinajstić information content (AvgIpc) is 2.52. The summed E-state index contributed by atoms with van der Waals surface area (Å²) in [5.74, 6) is 0.0606. The van der Waals surface area contributed by atoms with Gasteiger partial charge in [-0.15, -0.1) is 0 Å². The van der Waals surface area contributed by atoms with Crippen LogP contribution in [0.3, 0.4) is 0 Å². The Bertz CT molecular complexity index is 183. The molecule has 0 atom stereocenters. The molecule has 1 rings (SSSR count). The van der Waals surface area contributed by atoms with E-state index in [2.05, 4.69) is 0 Å². The van der Waals surface area contributed by atoms with Gasteiger partial charge < -0.3 is 5.11 Å². The van der Waals surface area contributed by atoms with Crippen LogP contribution in [0.4, 0.5) is 0 Å². The summed E-state index contributed by atoms with van der Waals surface area (Å²) in [7, 11) is 0. The molecule has 1 fully saturated rings. The third kappa shape index (κ3) is 3.22. The summed E-state index contributed by atoms with van der Waals surface area (Å²) < 4.78 is 0. The zero-order valence-corrected chi connectivity index (χ0v) is 9.19. The first-order valence-corrected chi connectivity index (χ1v) is 5.92. The number of hydrogen-bond acceptors (Lipinski definition) is 2. The molecule has 0 amide bonds. The minimum absolute atomic E-state index is 0.562. The first-order valence-electron chi connectivity index (χ1n) is 4.87. The van der Waals surface area contributed by atoms with Crippen LogP contribution in [0.2, 0.25) is 0 Å². The molecule has 76 valence electrons. The Labute approximate surface area is 84.1 Å². The molecule has 1 aliphatic rings. The fourth-order valence-corrected chi connectivity index (χ4v) is 2.89. The minimum Gasteiger partial charge on any atom is -0.481 e. The molecule has 0 aromatic heterocycles. The van der Waals surface area contributed by atoms with Gasteiger partial charge >= 0.3 is 5.97 Å². The van der Waals surface area contributed by atoms with Crippen molar-refractivity contribution < 1.29 is 9.90 Å². The quantitative estimate of drug-likeness (QED) is 0.761. The highest BCUT2D eigenvalue weighted by molar-refractivity contribution is 7.99. The number of carbonyl (C=O) groups is 1. The number of aliphatic carboxylic acids is 1. The van der Waals surface area contributed by atoms with Crippen LogP contribution >= 0.6 is 11.8 Å². The van der Waals surface area contributed by atoms with Crippen LogP contribution in [0, 0.1) is 5.41 Å². The monoisotopic (exact) mass is 202 g/mol. The lowest BCUT2D eigenvalue weighted by Crippen LogP contribution is -2.27. The third-order valence-corrected chi connectivity index (χ3v) is 4.39. The molecule has 2 nitrogen and oxygen atoms in total. The molecule has 1 saturated carbocycles. The highest BCUT2D eigenvalue weighted by atomic mass is 32.2. The van der Waals surface area contributed by atoms with Crippen LogP contribution in [-0.2, 0) is 4.79 Å². The lowest BCUT2D eigenvalue weighted by molar-refractivity contribution is -0.145. The topological polar surface area (TPSA) is 37.3 Å². The van der Waals surface area contributed by atoms with Crippen molar-refractivity contribution in [2.24, 2.45) is 5.41 Å². The van der Waals surface area contributed by atoms with Crippen LogP contribution < -0.4 is 0 Å². The first kappa shape index (κ1) is 10.9. The molecule has 1 N–H and O–H groups in total. The van der Waals surface area contributed by atoms with E-state index in [4.69, 9.17) is 5.11 Å². The van der Waals surface area contributed by atoms with Crippen LogP contribution in [0.1, 0.15) is 39.5 Å². The smallest absolute Gasteiger partial charge is 0.309 e. The minimum atomic E-state index is -0.682. The van der Waals surface area contributed by atoms with E-state index in [9.17, 15) is 4.79 Å². The van der Waals surface area contributed by atoms with Crippen molar-refractivity contribution in [3.8, 4) is 0 Å². The first-order chi connectivity index (χ1) is 6.02. The van der Waals surface area contributed by atoms with Gasteiger partial charge in [-0.25, -0.2) is 0 Å². The van der Waals surface area contributed by atoms with Gasteiger partial charge in [0.1, 0.15) is 0 Å². The standard InChI is InChI=1S/C10H18O2S/c1-10(2,9(11)12)7-13-8-5-3-4-6-8/h8H,3-7H2,1-2H3,(H,11,12). The zero-order valence-electron chi connectivity index (χ0n) is 8.38. The number of carboxylic acid groups (broad SMARTS) is 1. The van der Waals surface area contributed by atoms with Crippen LogP contribution in [0.25, 0.3) is 0 Å². The molecule has 3 heteroatoms. The summed E-state index contributed by atoms with van der Waals surface area (Å²) in [4.78, 5) is 10.8. The summed E-state index contributed by atoms with van der Waals surface area (Å²) in [5.41, 5.74) is -0.562. The van der Waals surface area contributed by atoms with Gasteiger partial charge in [-0.05, 0) is 26.7 Å². The van der Waals surface area contributed by atoms with E-state index in [1.54, 1.807) is 13.8 Å². The maximum atomic E-state index is 10.8. The highest BCUT2D eigenvalue weighted by Crippen LogP contribution is 2.33. The summed E-state index contributed by atoms with van der Waals surface area (Å²) in [6, 6.07) is 0. The van der Waals surface area contributed by atoms with Crippen molar-refractivity contribution in [1.29, 1.82) is 0 Å². The Morgan fingerprint density at radius 3 is 2.46 bits per heavy atom. The summed E-state index contributed by atoms with van der Waals surface area (Å²) in [6.45, 7) is 3.61. The van der Waals surface area contributed by atoms with Crippen molar-refractivity contribution in [3.63, 3.8) is 0 Å². The van der Waals surface area contributed by atoms with E-state index in [1.165, 1.54) is 25.7 Å². The third-order valence-electron chi connectivity index (χ3n) is 2.56. The maximum absolute atomic E-state index is 10.8. The Morgan fingerprint density at radius 1 is 1.46 bits per heavy atom.